The Kier molecular flexibility index (Phi) is 3.62. The summed E-state index contributed by atoms with van der Waals surface area (Å²) in [5.41, 5.74) is 0.785. The van der Waals surface area contributed by atoms with Crippen LogP contribution >= 0.6 is 11.6 Å². The van der Waals surface area contributed by atoms with Crippen LogP contribution < -0.4 is 4.74 Å². The lowest BCUT2D eigenvalue weighted by atomic mass is 10.1. The van der Waals surface area contributed by atoms with E-state index in [4.69, 9.17) is 16.3 Å². The van der Waals surface area contributed by atoms with Crippen LogP contribution in [-0.4, -0.2) is 27.7 Å². The van der Waals surface area contributed by atoms with Gasteiger partial charge in [-0.1, -0.05) is 11.6 Å². The Morgan fingerprint density at radius 3 is 2.94 bits per heavy atom. The molecule has 0 atom stereocenters. The number of aryl methyl sites for hydroxylation is 1. The zero-order valence-corrected chi connectivity index (χ0v) is 10.8. The van der Waals surface area contributed by atoms with Crippen molar-refractivity contribution in [1.29, 1.82) is 0 Å². The number of methoxy groups -OCH3 is 1. The van der Waals surface area contributed by atoms with E-state index in [1.165, 1.54) is 25.7 Å². The molecule has 94 valence electrons. The number of hydrogen-bond acceptors (Lipinski definition) is 4. The van der Waals surface area contributed by atoms with Crippen molar-refractivity contribution in [3.63, 3.8) is 0 Å². The maximum absolute atomic E-state index is 12.4. The van der Waals surface area contributed by atoms with E-state index in [2.05, 4.69) is 10.1 Å². The van der Waals surface area contributed by atoms with Crippen molar-refractivity contribution >= 4 is 17.4 Å². The second-order valence-electron chi connectivity index (χ2n) is 3.56. The van der Waals surface area contributed by atoms with E-state index in [0.717, 1.165) is 0 Å². The van der Waals surface area contributed by atoms with Gasteiger partial charge in [-0.25, -0.2) is 0 Å². The molecule has 0 N–H and O–H groups in total. The quantitative estimate of drug-likeness (QED) is 0.795. The third kappa shape index (κ3) is 2.09. The molecule has 2 aromatic rings. The fraction of sp³-hybridized carbons (Fsp3) is 0.250. The fourth-order valence-electron chi connectivity index (χ4n) is 1.69. The highest BCUT2D eigenvalue weighted by Crippen LogP contribution is 2.24. The van der Waals surface area contributed by atoms with Crippen LogP contribution in [0, 0.1) is 0 Å². The molecule has 0 saturated carbocycles. The summed E-state index contributed by atoms with van der Waals surface area (Å²) in [6.45, 7) is 2.46. The molecule has 5 nitrogen and oxygen atoms in total. The molecule has 2 rings (SSSR count). The molecule has 0 radical (unpaired) electrons. The molecule has 18 heavy (non-hydrogen) atoms. The maximum Gasteiger partial charge on any atom is 0.216 e. The summed E-state index contributed by atoms with van der Waals surface area (Å²) < 4.78 is 6.68. The maximum atomic E-state index is 12.4. The molecular formula is C12H12ClN3O2. The molecule has 0 aliphatic carbocycles. The van der Waals surface area contributed by atoms with Gasteiger partial charge in [-0.2, -0.15) is 5.10 Å². The van der Waals surface area contributed by atoms with E-state index in [1.54, 1.807) is 10.7 Å². The van der Waals surface area contributed by atoms with E-state index < -0.39 is 0 Å². The third-order valence-corrected chi connectivity index (χ3v) is 2.84. The van der Waals surface area contributed by atoms with Crippen molar-refractivity contribution in [3.05, 3.63) is 40.9 Å². The van der Waals surface area contributed by atoms with Gasteiger partial charge in [0.15, 0.2) is 0 Å². The normalized spacial score (nSPS) is 10.4. The standard InChI is InChI=1S/C12H12ClN3O2/c1-3-16-11(9(13)6-15-16)12(17)8-4-5-14-7-10(8)18-2/h4-7H,3H2,1-2H3. The number of aromatic nitrogens is 3. The largest absolute Gasteiger partial charge is 0.494 e. The van der Waals surface area contributed by atoms with Gasteiger partial charge in [-0.05, 0) is 13.0 Å². The predicted octanol–water partition coefficient (Wildman–Crippen LogP) is 2.19. The second kappa shape index (κ2) is 5.18. The molecule has 6 heteroatoms. The van der Waals surface area contributed by atoms with Crippen LogP contribution in [0.1, 0.15) is 23.0 Å². The molecule has 2 aromatic heterocycles. The molecule has 0 aliphatic heterocycles. The van der Waals surface area contributed by atoms with Crippen LogP contribution in [0.5, 0.6) is 5.75 Å². The van der Waals surface area contributed by atoms with Crippen molar-refractivity contribution in [2.24, 2.45) is 0 Å². The summed E-state index contributed by atoms with van der Waals surface area (Å²) in [6, 6.07) is 1.60. The van der Waals surface area contributed by atoms with Crippen LogP contribution in [-0.2, 0) is 6.54 Å². The first kappa shape index (κ1) is 12.6. The van der Waals surface area contributed by atoms with Gasteiger partial charge < -0.3 is 4.74 Å². The predicted molar refractivity (Wildman–Crippen MR) is 67.1 cm³/mol. The molecule has 2 heterocycles. The summed E-state index contributed by atoms with van der Waals surface area (Å²) in [7, 11) is 1.49. The van der Waals surface area contributed by atoms with Gasteiger partial charge in [0.2, 0.25) is 5.78 Å². The van der Waals surface area contributed by atoms with Gasteiger partial charge in [0.1, 0.15) is 11.4 Å². The van der Waals surface area contributed by atoms with Crippen molar-refractivity contribution < 1.29 is 9.53 Å². The monoisotopic (exact) mass is 265 g/mol. The van der Waals surface area contributed by atoms with Gasteiger partial charge in [0.05, 0.1) is 30.1 Å². The number of nitrogens with zero attached hydrogens (tertiary/aromatic N) is 3. The van der Waals surface area contributed by atoms with Crippen molar-refractivity contribution in [1.82, 2.24) is 14.8 Å². The van der Waals surface area contributed by atoms with Gasteiger partial charge in [-0.3, -0.25) is 14.5 Å². The van der Waals surface area contributed by atoms with Gasteiger partial charge in [0.25, 0.3) is 0 Å². The van der Waals surface area contributed by atoms with Crippen LogP contribution in [0.25, 0.3) is 0 Å². The van der Waals surface area contributed by atoms with Crippen LogP contribution in [0.2, 0.25) is 5.02 Å². The molecule has 0 saturated heterocycles. The van der Waals surface area contributed by atoms with E-state index in [-0.39, 0.29) is 5.78 Å². The lowest BCUT2D eigenvalue weighted by molar-refractivity contribution is 0.102. The molecule has 0 unspecified atom stereocenters. The van der Waals surface area contributed by atoms with Crippen LogP contribution in [0.3, 0.4) is 0 Å². The topological polar surface area (TPSA) is 57.0 Å². The summed E-state index contributed by atoms with van der Waals surface area (Å²) in [5.74, 6) is 0.195. The van der Waals surface area contributed by atoms with Crippen LogP contribution in [0.15, 0.2) is 24.7 Å². The Morgan fingerprint density at radius 2 is 2.28 bits per heavy atom. The Morgan fingerprint density at radius 1 is 1.50 bits per heavy atom. The smallest absolute Gasteiger partial charge is 0.216 e. The number of pyridine rings is 1. The van der Waals surface area contributed by atoms with Gasteiger partial charge in [-0.15, -0.1) is 0 Å². The summed E-state index contributed by atoms with van der Waals surface area (Å²) in [4.78, 5) is 16.3. The lowest BCUT2D eigenvalue weighted by Crippen LogP contribution is -2.12. The fourth-order valence-corrected chi connectivity index (χ4v) is 1.91. The minimum absolute atomic E-state index is 0.224. The van der Waals surface area contributed by atoms with Crippen molar-refractivity contribution in [2.45, 2.75) is 13.5 Å². The number of rotatable bonds is 4. The minimum Gasteiger partial charge on any atom is -0.494 e. The van der Waals surface area contributed by atoms with E-state index >= 15 is 0 Å². The lowest BCUT2D eigenvalue weighted by Gasteiger charge is -2.08. The number of hydrogen-bond donors (Lipinski definition) is 0. The molecule has 0 aliphatic rings. The number of halogens is 1. The second-order valence-corrected chi connectivity index (χ2v) is 3.97. The number of carbonyl (C=O) groups is 1. The number of ether oxygens (including phenoxy) is 1. The average Bonchev–Trinajstić information content (AvgIpc) is 2.79. The van der Waals surface area contributed by atoms with Crippen molar-refractivity contribution in [2.75, 3.05) is 7.11 Å². The molecular weight excluding hydrogens is 254 g/mol. The number of ketones is 1. The highest BCUT2D eigenvalue weighted by Gasteiger charge is 2.21. The zero-order chi connectivity index (χ0) is 13.1. The van der Waals surface area contributed by atoms with Gasteiger partial charge >= 0.3 is 0 Å². The Labute approximate surface area is 109 Å². The third-order valence-electron chi connectivity index (χ3n) is 2.56. The highest BCUT2D eigenvalue weighted by atomic mass is 35.5. The summed E-state index contributed by atoms with van der Waals surface area (Å²) in [5, 5.41) is 4.38. The first-order chi connectivity index (χ1) is 8.69. The first-order valence-electron chi connectivity index (χ1n) is 5.43. The molecule has 0 aromatic carbocycles. The highest BCUT2D eigenvalue weighted by molar-refractivity contribution is 6.34. The van der Waals surface area contributed by atoms with Crippen molar-refractivity contribution in [3.8, 4) is 5.75 Å². The summed E-state index contributed by atoms with van der Waals surface area (Å²) in [6.07, 6.45) is 4.50. The Hall–Kier alpha value is -1.88. The number of carbonyl (C=O) groups excluding carboxylic acids is 1. The molecule has 0 fully saturated rings. The zero-order valence-electron chi connectivity index (χ0n) is 10.1. The van der Waals surface area contributed by atoms with E-state index in [1.807, 2.05) is 6.92 Å². The molecule has 0 spiro atoms. The summed E-state index contributed by atoms with van der Waals surface area (Å²) >= 11 is 6.00. The average molecular weight is 266 g/mol. The molecule has 0 bridgehead atoms. The minimum atomic E-state index is -0.224. The van der Waals surface area contributed by atoms with Gasteiger partial charge in [0, 0.05) is 12.7 Å². The van der Waals surface area contributed by atoms with E-state index in [0.29, 0.717) is 28.6 Å². The first-order valence-corrected chi connectivity index (χ1v) is 5.80. The van der Waals surface area contributed by atoms with Crippen LogP contribution in [0.4, 0.5) is 0 Å². The Bertz CT molecular complexity index is 580. The Balaban J connectivity index is 2.51. The SMILES string of the molecule is CCn1ncc(Cl)c1C(=O)c1ccncc1OC. The molecule has 0 amide bonds. The van der Waals surface area contributed by atoms with E-state index in [9.17, 15) is 4.79 Å².